The van der Waals surface area contributed by atoms with E-state index in [2.05, 4.69) is 23.8 Å². The predicted octanol–water partition coefficient (Wildman–Crippen LogP) is 5.92. The topological polar surface area (TPSA) is 87.5 Å². The van der Waals surface area contributed by atoms with Gasteiger partial charge in [-0.25, -0.2) is 13.9 Å². The molecule has 0 saturated heterocycles. The van der Waals surface area contributed by atoms with Crippen molar-refractivity contribution in [1.29, 1.82) is 0 Å². The third kappa shape index (κ3) is 6.02. The van der Waals surface area contributed by atoms with Crippen molar-refractivity contribution in [2.24, 2.45) is 0 Å². The van der Waals surface area contributed by atoms with Crippen molar-refractivity contribution in [3.63, 3.8) is 0 Å². The summed E-state index contributed by atoms with van der Waals surface area (Å²) in [6.07, 6.45) is 3.65. The van der Waals surface area contributed by atoms with Gasteiger partial charge in [0.25, 0.3) is 0 Å². The Morgan fingerprint density at radius 3 is 2.82 bits per heavy atom. The summed E-state index contributed by atoms with van der Waals surface area (Å²) < 4.78 is 32.7. The van der Waals surface area contributed by atoms with Gasteiger partial charge in [0.2, 0.25) is 11.1 Å². The van der Waals surface area contributed by atoms with E-state index in [0.29, 0.717) is 39.4 Å². The summed E-state index contributed by atoms with van der Waals surface area (Å²) in [7, 11) is 1.53. The molecule has 1 unspecified atom stereocenters. The molecule has 0 aliphatic carbocycles. The number of carbonyl (C=O) groups excluding carboxylic acids is 1. The van der Waals surface area contributed by atoms with Crippen LogP contribution in [-0.2, 0) is 16.1 Å². The van der Waals surface area contributed by atoms with Gasteiger partial charge in [-0.2, -0.15) is 4.98 Å². The van der Waals surface area contributed by atoms with Crippen LogP contribution in [0, 0.1) is 5.82 Å². The number of nitrogens with zero attached hydrogens (tertiary/aromatic N) is 3. The highest BCUT2D eigenvalue weighted by molar-refractivity contribution is 7.99. The van der Waals surface area contributed by atoms with E-state index in [1.807, 2.05) is 13.0 Å². The fourth-order valence-electron chi connectivity index (χ4n) is 4.03. The molecule has 2 aromatic carbocycles. The number of fused-ring (bicyclic) bond motifs is 1. The van der Waals surface area contributed by atoms with E-state index >= 15 is 0 Å². The molecule has 38 heavy (non-hydrogen) atoms. The molecule has 8 nitrogen and oxygen atoms in total. The molecule has 1 atom stereocenters. The highest BCUT2D eigenvalue weighted by atomic mass is 32.2. The lowest BCUT2D eigenvalue weighted by atomic mass is 9.95. The molecule has 1 aromatic heterocycles. The Bertz CT molecular complexity index is 1340. The van der Waals surface area contributed by atoms with E-state index in [1.54, 1.807) is 46.8 Å². The minimum atomic E-state index is -0.619. The Morgan fingerprint density at radius 2 is 2.08 bits per heavy atom. The van der Waals surface area contributed by atoms with Gasteiger partial charge in [-0.05, 0) is 37.1 Å². The molecule has 200 valence electrons. The number of thioether (sulfide) groups is 1. The third-order valence-electron chi connectivity index (χ3n) is 5.96. The molecule has 0 radical (unpaired) electrons. The minimum Gasteiger partial charge on any atom is -0.493 e. The molecule has 0 amide bonds. The first kappa shape index (κ1) is 27.3. The molecular weight excluding hydrogens is 507 g/mol. The smallest absolute Gasteiger partial charge is 0.338 e. The lowest BCUT2D eigenvalue weighted by molar-refractivity contribution is -0.138. The molecule has 2 heterocycles. The summed E-state index contributed by atoms with van der Waals surface area (Å²) in [5.41, 5.74) is 2.18. The number of hydrogen-bond donors (Lipinski definition) is 1. The summed E-state index contributed by atoms with van der Waals surface area (Å²) in [4.78, 5) is 17.8. The molecule has 4 rings (SSSR count). The molecule has 10 heteroatoms. The largest absolute Gasteiger partial charge is 0.493 e. The number of rotatable bonds is 12. The Kier molecular flexibility index (Phi) is 9.06. The second-order valence-corrected chi connectivity index (χ2v) is 9.67. The molecular formula is C28H31FN4O4S. The SMILES string of the molecule is C=CCOC(=O)C1=C(C)Nc2nc(SCCCC)nn2C1c1ccc(OCc2ccccc2F)c(OC)c1. The molecule has 1 aliphatic rings. The average molecular weight is 539 g/mol. The number of nitrogens with one attached hydrogen (secondary N) is 1. The monoisotopic (exact) mass is 538 g/mol. The van der Waals surface area contributed by atoms with Crippen LogP contribution in [0.4, 0.5) is 10.3 Å². The fourth-order valence-corrected chi connectivity index (χ4v) is 4.94. The third-order valence-corrected chi connectivity index (χ3v) is 6.88. The normalized spacial score (nSPS) is 14.5. The van der Waals surface area contributed by atoms with Crippen molar-refractivity contribution in [3.05, 3.63) is 83.3 Å². The maximum atomic E-state index is 14.1. The highest BCUT2D eigenvalue weighted by Gasteiger charge is 2.35. The van der Waals surface area contributed by atoms with Gasteiger partial charge in [0.1, 0.15) is 25.1 Å². The first-order chi connectivity index (χ1) is 18.5. The van der Waals surface area contributed by atoms with Crippen LogP contribution in [0.3, 0.4) is 0 Å². The molecule has 0 bridgehead atoms. The number of hydrogen-bond acceptors (Lipinski definition) is 8. The quantitative estimate of drug-likeness (QED) is 0.132. The van der Waals surface area contributed by atoms with Gasteiger partial charge in [-0.1, -0.05) is 62.0 Å². The van der Waals surface area contributed by atoms with Crippen LogP contribution in [0.2, 0.25) is 0 Å². The fraction of sp³-hybridized carbons (Fsp3) is 0.321. The van der Waals surface area contributed by atoms with Crippen LogP contribution in [0.25, 0.3) is 0 Å². The van der Waals surface area contributed by atoms with E-state index in [9.17, 15) is 9.18 Å². The number of unbranched alkanes of at least 4 members (excludes halogenated alkanes) is 1. The zero-order valence-electron chi connectivity index (χ0n) is 21.7. The number of allylic oxidation sites excluding steroid dienone is 1. The molecule has 0 spiro atoms. The first-order valence-corrected chi connectivity index (χ1v) is 13.3. The number of esters is 1. The number of aromatic nitrogens is 3. The van der Waals surface area contributed by atoms with Crippen molar-refractivity contribution in [1.82, 2.24) is 14.8 Å². The van der Waals surface area contributed by atoms with E-state index in [4.69, 9.17) is 19.3 Å². The zero-order chi connectivity index (χ0) is 27.1. The van der Waals surface area contributed by atoms with Gasteiger partial charge >= 0.3 is 5.97 Å². The van der Waals surface area contributed by atoms with Crippen LogP contribution in [0.1, 0.15) is 43.9 Å². The maximum Gasteiger partial charge on any atom is 0.338 e. The number of ether oxygens (including phenoxy) is 3. The molecule has 1 aliphatic heterocycles. The van der Waals surface area contributed by atoms with Gasteiger partial charge in [0.05, 0.1) is 12.7 Å². The van der Waals surface area contributed by atoms with Crippen LogP contribution < -0.4 is 14.8 Å². The van der Waals surface area contributed by atoms with Crippen LogP contribution in [0.5, 0.6) is 11.5 Å². The van der Waals surface area contributed by atoms with E-state index in [0.717, 1.165) is 24.2 Å². The first-order valence-electron chi connectivity index (χ1n) is 12.4. The Labute approximate surface area is 225 Å². The summed E-state index contributed by atoms with van der Waals surface area (Å²) in [5, 5.41) is 8.54. The summed E-state index contributed by atoms with van der Waals surface area (Å²) >= 11 is 1.57. The zero-order valence-corrected chi connectivity index (χ0v) is 22.5. The second-order valence-electron chi connectivity index (χ2n) is 8.61. The lowest BCUT2D eigenvalue weighted by Crippen LogP contribution is -2.29. The molecule has 0 fully saturated rings. The summed E-state index contributed by atoms with van der Waals surface area (Å²) in [6.45, 7) is 7.70. The van der Waals surface area contributed by atoms with Crippen molar-refractivity contribution >= 4 is 23.7 Å². The number of methoxy groups -OCH3 is 1. The molecule has 0 saturated carbocycles. The molecule has 1 N–H and O–H groups in total. The summed E-state index contributed by atoms with van der Waals surface area (Å²) in [6, 6.07) is 11.2. The minimum absolute atomic E-state index is 0.0411. The second kappa shape index (κ2) is 12.6. The van der Waals surface area contributed by atoms with Gasteiger partial charge in [-0.15, -0.1) is 5.10 Å². The Balaban J connectivity index is 1.70. The average Bonchev–Trinajstić information content (AvgIpc) is 3.32. The molecule has 3 aromatic rings. The van der Waals surface area contributed by atoms with Crippen molar-refractivity contribution in [2.75, 3.05) is 24.8 Å². The van der Waals surface area contributed by atoms with Gasteiger partial charge in [0, 0.05) is 17.0 Å². The Hall–Kier alpha value is -3.79. The summed E-state index contributed by atoms with van der Waals surface area (Å²) in [5.74, 6) is 1.48. The number of anilines is 1. The number of halogens is 1. The van der Waals surface area contributed by atoms with Crippen LogP contribution >= 0.6 is 11.8 Å². The van der Waals surface area contributed by atoms with Crippen molar-refractivity contribution in [3.8, 4) is 11.5 Å². The maximum absolute atomic E-state index is 14.1. The van der Waals surface area contributed by atoms with Crippen LogP contribution in [0.15, 0.2) is 71.5 Å². The number of benzene rings is 2. The van der Waals surface area contributed by atoms with Crippen molar-refractivity contribution < 1.29 is 23.4 Å². The standard InChI is InChI=1S/C28H31FN4O4S/c1-5-7-15-38-28-31-27-30-18(3)24(26(34)36-14-6-2)25(33(27)32-28)19-12-13-22(23(16-19)35-4)37-17-20-10-8-9-11-21(20)29/h6,8-13,16,25H,2,5,7,14-15,17H2,1,3-4H3,(H,30,31,32). The van der Waals surface area contributed by atoms with E-state index in [1.165, 1.54) is 19.3 Å². The van der Waals surface area contributed by atoms with Gasteiger partial charge in [-0.3, -0.25) is 0 Å². The lowest BCUT2D eigenvalue weighted by Gasteiger charge is -2.28. The van der Waals surface area contributed by atoms with Gasteiger partial charge in [0.15, 0.2) is 11.5 Å². The highest BCUT2D eigenvalue weighted by Crippen LogP contribution is 2.40. The van der Waals surface area contributed by atoms with Crippen molar-refractivity contribution in [2.45, 2.75) is 44.5 Å². The Morgan fingerprint density at radius 1 is 1.26 bits per heavy atom. The predicted molar refractivity (Wildman–Crippen MR) is 145 cm³/mol. The van der Waals surface area contributed by atoms with Gasteiger partial charge < -0.3 is 19.5 Å². The van der Waals surface area contributed by atoms with Crippen LogP contribution in [-0.4, -0.2) is 40.2 Å². The van der Waals surface area contributed by atoms with E-state index < -0.39 is 12.0 Å². The van der Waals surface area contributed by atoms with E-state index in [-0.39, 0.29) is 19.0 Å². The number of carbonyl (C=O) groups is 1.